The molecule has 2 aromatic rings. The molecular weight excluding hydrogens is 500 g/mol. The summed E-state index contributed by atoms with van der Waals surface area (Å²) >= 11 is 0. The molecule has 0 aliphatic carbocycles. The summed E-state index contributed by atoms with van der Waals surface area (Å²) in [6, 6.07) is 15.4. The first-order valence-corrected chi connectivity index (χ1v) is 14.1. The number of rotatable bonds is 11. The van der Waals surface area contributed by atoms with E-state index in [9.17, 15) is 9.59 Å². The van der Waals surface area contributed by atoms with Crippen molar-refractivity contribution in [3.05, 3.63) is 84.0 Å². The second-order valence-electron chi connectivity index (χ2n) is 10.8. The minimum absolute atomic E-state index is 0. The summed E-state index contributed by atoms with van der Waals surface area (Å²) in [6.45, 7) is 7.69. The normalized spacial score (nSPS) is 22.4. The Bertz CT molecular complexity index is 1180. The van der Waals surface area contributed by atoms with Crippen LogP contribution >= 0.6 is 0 Å². The monoisotopic (exact) mass is 546 g/mol. The van der Waals surface area contributed by atoms with Gasteiger partial charge in [0.1, 0.15) is 6.04 Å². The predicted octanol–water partition coefficient (Wildman–Crippen LogP) is 4.75. The number of hydrogen-bond acceptors (Lipinski definition) is 6. The van der Waals surface area contributed by atoms with E-state index >= 15 is 0 Å². The standard InChI is InChI=1S/C32H43N5O2.H3N/c1-4-22(5-2)10-9-11-24-17-30(31(38)36-19-23-14-15-28(34-3)27(33)16-23)37(21-24)32(39)29-18-26(20-35-29)25-12-7-6-8-13-25;/h4-8,12-16,24,26,29-30,34-35H,1,9-11,17-21,33H2,2-3H3,(H,36,38);1H3/b22-5+;/t24?,26-,29-,30+;/m1./s1. The van der Waals surface area contributed by atoms with Crippen LogP contribution in [0.25, 0.3) is 0 Å². The fourth-order valence-electron chi connectivity index (χ4n) is 5.94. The number of nitrogens with one attached hydrogen (secondary N) is 3. The largest absolute Gasteiger partial charge is 0.397 e. The fraction of sp³-hybridized carbons (Fsp3) is 0.438. The number of carbonyl (C=O) groups excluding carboxylic acids is 2. The van der Waals surface area contributed by atoms with E-state index in [1.165, 1.54) is 11.1 Å². The van der Waals surface area contributed by atoms with Gasteiger partial charge in [0.15, 0.2) is 0 Å². The first kappa shape index (κ1) is 30.9. The van der Waals surface area contributed by atoms with Gasteiger partial charge in [-0.05, 0) is 74.1 Å². The van der Waals surface area contributed by atoms with Crippen LogP contribution in [0, 0.1) is 5.92 Å². The minimum atomic E-state index is -0.463. The van der Waals surface area contributed by atoms with Gasteiger partial charge in [-0.15, -0.1) is 0 Å². The van der Waals surface area contributed by atoms with E-state index in [1.54, 1.807) is 0 Å². The van der Waals surface area contributed by atoms with Gasteiger partial charge in [0.25, 0.3) is 0 Å². The van der Waals surface area contributed by atoms with Gasteiger partial charge in [0, 0.05) is 26.7 Å². The summed E-state index contributed by atoms with van der Waals surface area (Å²) in [7, 11) is 1.83. The molecule has 40 heavy (non-hydrogen) atoms. The third-order valence-corrected chi connectivity index (χ3v) is 8.24. The number of likely N-dealkylation sites (tertiary alicyclic amines) is 1. The van der Waals surface area contributed by atoms with Crippen LogP contribution in [0.15, 0.2) is 72.8 Å². The topological polar surface area (TPSA) is 134 Å². The van der Waals surface area contributed by atoms with Crippen LogP contribution in [0.4, 0.5) is 11.4 Å². The zero-order chi connectivity index (χ0) is 27.8. The lowest BCUT2D eigenvalue weighted by molar-refractivity contribution is -0.139. The first-order chi connectivity index (χ1) is 18.9. The summed E-state index contributed by atoms with van der Waals surface area (Å²) in [4.78, 5) is 29.1. The Labute approximate surface area is 239 Å². The summed E-state index contributed by atoms with van der Waals surface area (Å²) in [5.74, 6) is 0.540. The SMILES string of the molecule is C=C/C(=C\C)CCCC1C[C@@H](C(=O)NCc2ccc(NC)c(N)c2)N(C(=O)[C@H]2C[C@@H](c3ccccc3)CN2)C1.N. The Balaban J connectivity index is 0.00000441. The quantitative estimate of drug-likeness (QED) is 0.204. The zero-order valence-corrected chi connectivity index (χ0v) is 24.0. The molecule has 1 unspecified atom stereocenters. The van der Waals surface area contributed by atoms with Crippen molar-refractivity contribution in [1.82, 2.24) is 21.7 Å². The third kappa shape index (κ3) is 7.52. The van der Waals surface area contributed by atoms with Crippen molar-refractivity contribution in [3.8, 4) is 0 Å². The molecule has 0 bridgehead atoms. The number of nitrogens with zero attached hydrogens (tertiary/aromatic N) is 1. The van der Waals surface area contributed by atoms with Crippen molar-refractivity contribution in [3.63, 3.8) is 0 Å². The number of amides is 2. The molecule has 2 aromatic carbocycles. The van der Waals surface area contributed by atoms with Crippen molar-refractivity contribution in [2.24, 2.45) is 5.92 Å². The smallest absolute Gasteiger partial charge is 0.243 e. The molecule has 2 aliphatic heterocycles. The number of nitrogen functional groups attached to an aromatic ring is 1. The Morgan fingerprint density at radius 2 is 1.95 bits per heavy atom. The Hall–Kier alpha value is -3.62. The number of nitrogens with two attached hydrogens (primary N) is 1. The number of benzene rings is 2. The van der Waals surface area contributed by atoms with Crippen molar-refractivity contribution < 1.29 is 9.59 Å². The highest BCUT2D eigenvalue weighted by Gasteiger charge is 2.43. The molecule has 0 saturated carbocycles. The maximum absolute atomic E-state index is 13.8. The molecule has 2 fully saturated rings. The average Bonchev–Trinajstić information content (AvgIpc) is 3.63. The van der Waals surface area contributed by atoms with Gasteiger partial charge in [-0.2, -0.15) is 0 Å². The fourth-order valence-corrected chi connectivity index (χ4v) is 5.94. The van der Waals surface area contributed by atoms with Crippen molar-refractivity contribution >= 4 is 23.2 Å². The van der Waals surface area contributed by atoms with Crippen molar-refractivity contribution in [2.45, 2.75) is 63.6 Å². The van der Waals surface area contributed by atoms with Crippen LogP contribution in [0.1, 0.15) is 56.1 Å². The number of hydrogen-bond donors (Lipinski definition) is 5. The van der Waals surface area contributed by atoms with E-state index in [0.717, 1.165) is 43.5 Å². The van der Waals surface area contributed by atoms with Crippen LogP contribution in [-0.4, -0.2) is 48.9 Å². The van der Waals surface area contributed by atoms with E-state index in [4.69, 9.17) is 5.73 Å². The molecule has 0 aromatic heterocycles. The highest BCUT2D eigenvalue weighted by Crippen LogP contribution is 2.32. The maximum atomic E-state index is 13.8. The van der Waals surface area contributed by atoms with Gasteiger partial charge in [0.05, 0.1) is 17.4 Å². The molecule has 8 nitrogen and oxygen atoms in total. The van der Waals surface area contributed by atoms with E-state index < -0.39 is 6.04 Å². The van der Waals surface area contributed by atoms with Gasteiger partial charge < -0.3 is 32.7 Å². The average molecular weight is 547 g/mol. The van der Waals surface area contributed by atoms with Crippen LogP contribution in [-0.2, 0) is 16.1 Å². The Kier molecular flexibility index (Phi) is 11.3. The Morgan fingerprint density at radius 1 is 1.18 bits per heavy atom. The molecule has 2 heterocycles. The molecule has 8 N–H and O–H groups in total. The van der Waals surface area contributed by atoms with Crippen molar-refractivity contribution in [1.29, 1.82) is 0 Å². The van der Waals surface area contributed by atoms with Gasteiger partial charge in [-0.1, -0.05) is 60.7 Å². The lowest BCUT2D eigenvalue weighted by Gasteiger charge is -2.27. The molecular formula is C32H46N6O2. The second kappa shape index (κ2) is 14.7. The summed E-state index contributed by atoms with van der Waals surface area (Å²) in [5, 5.41) is 9.58. The molecule has 2 saturated heterocycles. The summed E-state index contributed by atoms with van der Waals surface area (Å²) in [6.07, 6.45) is 8.40. The van der Waals surface area contributed by atoms with Crippen LogP contribution < -0.4 is 27.8 Å². The van der Waals surface area contributed by atoms with Gasteiger partial charge >= 0.3 is 0 Å². The van der Waals surface area contributed by atoms with Gasteiger partial charge in [-0.25, -0.2) is 0 Å². The summed E-state index contributed by atoms with van der Waals surface area (Å²) in [5.41, 5.74) is 11.0. The second-order valence-corrected chi connectivity index (χ2v) is 10.8. The number of carbonyl (C=O) groups is 2. The highest BCUT2D eigenvalue weighted by atomic mass is 16.2. The molecule has 216 valence electrons. The van der Waals surface area contributed by atoms with E-state index in [1.807, 2.05) is 61.3 Å². The third-order valence-electron chi connectivity index (χ3n) is 8.24. The molecule has 0 radical (unpaired) electrons. The maximum Gasteiger partial charge on any atom is 0.243 e. The molecule has 4 atom stereocenters. The predicted molar refractivity (Wildman–Crippen MR) is 164 cm³/mol. The lowest BCUT2D eigenvalue weighted by Crippen LogP contribution is -2.51. The van der Waals surface area contributed by atoms with Gasteiger partial charge in [-0.3, -0.25) is 9.59 Å². The first-order valence-electron chi connectivity index (χ1n) is 14.1. The van der Waals surface area contributed by atoms with Gasteiger partial charge in [0.2, 0.25) is 11.8 Å². The molecule has 2 aliphatic rings. The van der Waals surface area contributed by atoms with E-state index in [0.29, 0.717) is 37.0 Å². The molecule has 0 spiro atoms. The molecule has 2 amide bonds. The van der Waals surface area contributed by atoms with E-state index in [2.05, 4.69) is 40.7 Å². The summed E-state index contributed by atoms with van der Waals surface area (Å²) < 4.78 is 0. The number of anilines is 2. The lowest BCUT2D eigenvalue weighted by atomic mass is 9.96. The number of allylic oxidation sites excluding steroid dienone is 3. The molecule has 4 rings (SSSR count). The van der Waals surface area contributed by atoms with Crippen LogP contribution in [0.5, 0.6) is 0 Å². The Morgan fingerprint density at radius 3 is 2.62 bits per heavy atom. The van der Waals surface area contributed by atoms with E-state index in [-0.39, 0.29) is 24.0 Å². The minimum Gasteiger partial charge on any atom is -0.397 e. The molecule has 8 heteroatoms. The van der Waals surface area contributed by atoms with Crippen molar-refractivity contribution in [2.75, 3.05) is 31.2 Å². The van der Waals surface area contributed by atoms with Crippen LogP contribution in [0.2, 0.25) is 0 Å². The highest BCUT2D eigenvalue weighted by molar-refractivity contribution is 5.90. The zero-order valence-electron chi connectivity index (χ0n) is 24.0. The van der Waals surface area contributed by atoms with Crippen LogP contribution in [0.3, 0.4) is 0 Å².